The molecule has 4 aromatic rings. The zero-order chi connectivity index (χ0) is 16.8. The van der Waals surface area contributed by atoms with Crippen LogP contribution in [0.3, 0.4) is 0 Å². The molecule has 2 heterocycles. The number of fused-ring (bicyclic) bond motifs is 2. The van der Waals surface area contributed by atoms with Crippen molar-refractivity contribution in [1.29, 1.82) is 0 Å². The maximum atomic E-state index is 14.1. The molecule has 2 aromatic heterocycles. The molecule has 0 aliphatic heterocycles. The van der Waals surface area contributed by atoms with Crippen molar-refractivity contribution in [2.45, 2.75) is 0 Å². The molecule has 24 heavy (non-hydrogen) atoms. The molecule has 5 N–H and O–H groups in total. The first kappa shape index (κ1) is 14.3. The minimum atomic E-state index is -0.490. The van der Waals surface area contributed by atoms with E-state index in [1.54, 1.807) is 6.07 Å². The maximum Gasteiger partial charge on any atom is 0.261 e. The van der Waals surface area contributed by atoms with E-state index in [4.69, 9.17) is 5.73 Å². The fourth-order valence-corrected chi connectivity index (χ4v) is 2.85. The molecule has 0 spiro atoms. The van der Waals surface area contributed by atoms with Crippen molar-refractivity contribution in [3.63, 3.8) is 0 Å². The Balaban J connectivity index is 2.02. The second kappa shape index (κ2) is 5.09. The van der Waals surface area contributed by atoms with Gasteiger partial charge in [0.15, 0.2) is 0 Å². The lowest BCUT2D eigenvalue weighted by atomic mass is 10.1. The second-order valence-corrected chi connectivity index (χ2v) is 5.47. The third kappa shape index (κ3) is 2.02. The molecule has 0 aliphatic rings. The van der Waals surface area contributed by atoms with Crippen LogP contribution in [0.25, 0.3) is 33.3 Å². The number of rotatable bonds is 2. The Labute approximate surface area is 135 Å². The fraction of sp³-hybridized carbons (Fsp3) is 0.0588. The summed E-state index contributed by atoms with van der Waals surface area (Å²) < 4.78 is 14.1. The van der Waals surface area contributed by atoms with E-state index in [0.29, 0.717) is 16.9 Å². The van der Waals surface area contributed by atoms with Gasteiger partial charge in [-0.15, -0.1) is 0 Å². The molecule has 2 aromatic carbocycles. The van der Waals surface area contributed by atoms with Gasteiger partial charge in [-0.1, -0.05) is 6.07 Å². The van der Waals surface area contributed by atoms with Gasteiger partial charge in [0.2, 0.25) is 0 Å². The van der Waals surface area contributed by atoms with Gasteiger partial charge in [-0.3, -0.25) is 4.79 Å². The number of nitrogens with zero attached hydrogens (tertiary/aromatic N) is 1. The molecule has 6 nitrogen and oxygen atoms in total. The number of halogens is 1. The number of pyridine rings is 1. The number of nitrogens with two attached hydrogens (primary N) is 1. The summed E-state index contributed by atoms with van der Waals surface area (Å²) >= 11 is 0. The van der Waals surface area contributed by atoms with E-state index >= 15 is 0 Å². The van der Waals surface area contributed by atoms with Gasteiger partial charge in [0.1, 0.15) is 17.2 Å². The van der Waals surface area contributed by atoms with Gasteiger partial charge in [-0.25, -0.2) is 9.37 Å². The molecule has 0 bridgehead atoms. The minimum Gasteiger partial charge on any atom is -0.397 e. The van der Waals surface area contributed by atoms with E-state index in [1.807, 2.05) is 25.2 Å². The molecular formula is C17H14FN5O. The first-order valence-electron chi connectivity index (χ1n) is 7.36. The van der Waals surface area contributed by atoms with E-state index in [-0.39, 0.29) is 16.6 Å². The van der Waals surface area contributed by atoms with Crippen molar-refractivity contribution >= 4 is 33.3 Å². The molecule has 120 valence electrons. The summed E-state index contributed by atoms with van der Waals surface area (Å²) in [5.41, 5.74) is 8.59. The maximum absolute atomic E-state index is 14.1. The van der Waals surface area contributed by atoms with Gasteiger partial charge in [-0.05, 0) is 30.3 Å². The highest BCUT2D eigenvalue weighted by molar-refractivity contribution is 5.98. The Bertz CT molecular complexity index is 1150. The number of H-pyrrole nitrogens is 2. The van der Waals surface area contributed by atoms with Crippen LogP contribution in [0.2, 0.25) is 0 Å². The first-order chi connectivity index (χ1) is 11.6. The van der Waals surface area contributed by atoms with Crippen molar-refractivity contribution in [2.24, 2.45) is 0 Å². The number of aromatic nitrogens is 3. The van der Waals surface area contributed by atoms with E-state index < -0.39 is 11.4 Å². The Kier molecular flexibility index (Phi) is 3.02. The van der Waals surface area contributed by atoms with Crippen molar-refractivity contribution < 1.29 is 4.39 Å². The molecule has 0 saturated carbocycles. The number of hydrogen-bond donors (Lipinski definition) is 4. The van der Waals surface area contributed by atoms with Crippen LogP contribution in [0, 0.1) is 5.82 Å². The Morgan fingerprint density at radius 1 is 1.17 bits per heavy atom. The average Bonchev–Trinajstić information content (AvgIpc) is 2.96. The second-order valence-electron chi connectivity index (χ2n) is 5.47. The number of nitrogen functional groups attached to an aromatic ring is 1. The number of anilines is 2. The van der Waals surface area contributed by atoms with Crippen molar-refractivity contribution in [2.75, 3.05) is 18.1 Å². The monoisotopic (exact) mass is 323 g/mol. The molecule has 0 fully saturated rings. The smallest absolute Gasteiger partial charge is 0.261 e. The lowest BCUT2D eigenvalue weighted by Gasteiger charge is -2.07. The molecule has 7 heteroatoms. The molecule has 0 radical (unpaired) electrons. The van der Waals surface area contributed by atoms with Crippen LogP contribution in [-0.4, -0.2) is 22.0 Å². The normalized spacial score (nSPS) is 11.2. The highest BCUT2D eigenvalue weighted by Gasteiger charge is 2.17. The van der Waals surface area contributed by atoms with E-state index in [0.717, 1.165) is 11.2 Å². The summed E-state index contributed by atoms with van der Waals surface area (Å²) in [5, 5.41) is 3.22. The van der Waals surface area contributed by atoms with Crippen LogP contribution in [-0.2, 0) is 0 Å². The minimum absolute atomic E-state index is 0.0692. The third-order valence-corrected chi connectivity index (χ3v) is 4.03. The predicted molar refractivity (Wildman–Crippen MR) is 93.6 cm³/mol. The Morgan fingerprint density at radius 2 is 2.00 bits per heavy atom. The molecule has 0 amide bonds. The van der Waals surface area contributed by atoms with Crippen LogP contribution in [0.1, 0.15) is 0 Å². The summed E-state index contributed by atoms with van der Waals surface area (Å²) in [6.07, 6.45) is 0. The number of benzene rings is 2. The van der Waals surface area contributed by atoms with Gasteiger partial charge in [-0.2, -0.15) is 0 Å². The van der Waals surface area contributed by atoms with Crippen LogP contribution in [0.5, 0.6) is 0 Å². The topological polar surface area (TPSA) is 99.6 Å². The van der Waals surface area contributed by atoms with Crippen LogP contribution < -0.4 is 16.6 Å². The van der Waals surface area contributed by atoms with Crippen LogP contribution in [0.15, 0.2) is 41.2 Å². The molecule has 4 rings (SSSR count). The third-order valence-electron chi connectivity index (χ3n) is 4.03. The summed E-state index contributed by atoms with van der Waals surface area (Å²) in [5.74, 6) is -0.182. The van der Waals surface area contributed by atoms with Crippen LogP contribution >= 0.6 is 0 Å². The molecule has 0 saturated heterocycles. The van der Waals surface area contributed by atoms with Gasteiger partial charge in [0.25, 0.3) is 5.56 Å². The zero-order valence-corrected chi connectivity index (χ0v) is 12.8. The largest absolute Gasteiger partial charge is 0.397 e. The van der Waals surface area contributed by atoms with Gasteiger partial charge >= 0.3 is 0 Å². The van der Waals surface area contributed by atoms with Gasteiger partial charge in [0.05, 0.1) is 27.6 Å². The fourth-order valence-electron chi connectivity index (χ4n) is 2.85. The summed E-state index contributed by atoms with van der Waals surface area (Å²) in [6.45, 7) is 0. The number of hydrogen-bond acceptors (Lipinski definition) is 4. The first-order valence-corrected chi connectivity index (χ1v) is 7.36. The summed E-state index contributed by atoms with van der Waals surface area (Å²) in [4.78, 5) is 22.6. The Morgan fingerprint density at radius 3 is 2.79 bits per heavy atom. The van der Waals surface area contributed by atoms with E-state index in [2.05, 4.69) is 20.3 Å². The van der Waals surface area contributed by atoms with Gasteiger partial charge < -0.3 is 21.0 Å². The summed E-state index contributed by atoms with van der Waals surface area (Å²) in [7, 11) is 1.81. The highest BCUT2D eigenvalue weighted by atomic mass is 19.1. The van der Waals surface area contributed by atoms with Crippen molar-refractivity contribution in [3.8, 4) is 11.4 Å². The molecule has 0 atom stereocenters. The van der Waals surface area contributed by atoms with E-state index in [1.165, 1.54) is 12.1 Å². The Hall–Kier alpha value is -3.35. The highest BCUT2D eigenvalue weighted by Crippen LogP contribution is 2.30. The number of nitrogens with one attached hydrogen (secondary N) is 3. The number of imidazole rings is 1. The van der Waals surface area contributed by atoms with Crippen molar-refractivity contribution in [1.82, 2.24) is 15.0 Å². The lowest BCUT2D eigenvalue weighted by molar-refractivity contribution is 0.640. The SMILES string of the molecule is CNc1ccc2nc(-c3c(N)c4c(F)cccc4[nH]c3=O)[nH]c2c1. The molecule has 0 unspecified atom stereocenters. The van der Waals surface area contributed by atoms with Gasteiger partial charge in [0, 0.05) is 12.7 Å². The molecular weight excluding hydrogens is 309 g/mol. The average molecular weight is 323 g/mol. The van der Waals surface area contributed by atoms with Crippen molar-refractivity contribution in [3.05, 3.63) is 52.6 Å². The predicted octanol–water partition coefficient (Wildman–Crippen LogP) is 2.83. The molecule has 0 aliphatic carbocycles. The lowest BCUT2D eigenvalue weighted by Crippen LogP contribution is -2.13. The van der Waals surface area contributed by atoms with Crippen LogP contribution in [0.4, 0.5) is 15.8 Å². The number of aromatic amines is 2. The zero-order valence-electron chi connectivity index (χ0n) is 12.8. The van der Waals surface area contributed by atoms with E-state index in [9.17, 15) is 9.18 Å². The standard InChI is InChI=1S/C17H14FN5O/c1-20-8-5-6-10-12(7-8)22-16(21-10)14-15(19)13-9(18)3-2-4-11(13)23-17(14)24/h2-7,20H,1H3,(H,21,22)(H3,19,23,24). The quantitative estimate of drug-likeness (QED) is 0.456. The summed E-state index contributed by atoms with van der Waals surface area (Å²) in [6, 6.07) is 10.0.